The summed E-state index contributed by atoms with van der Waals surface area (Å²) in [6.45, 7) is 12.6. The molecule has 0 bridgehead atoms. The quantitative estimate of drug-likeness (QED) is 0.672. The second-order valence-electron chi connectivity index (χ2n) is 5.86. The molecule has 0 unspecified atom stereocenters. The Labute approximate surface area is 108 Å². The first-order chi connectivity index (χ1) is 7.83. The smallest absolute Gasteiger partial charge is 0.0768 e. The van der Waals surface area contributed by atoms with Gasteiger partial charge in [-0.3, -0.25) is 4.90 Å². The molecule has 0 aromatic carbocycles. The molecule has 0 fully saturated rings. The fourth-order valence-electron chi connectivity index (χ4n) is 1.98. The maximum absolute atomic E-state index is 10.4. The number of hydrogen-bond donors (Lipinski definition) is 1. The lowest BCUT2D eigenvalue weighted by Gasteiger charge is -2.34. The van der Waals surface area contributed by atoms with Crippen LogP contribution in [0.25, 0.3) is 0 Å². The van der Waals surface area contributed by atoms with Crippen LogP contribution < -0.4 is 0 Å². The van der Waals surface area contributed by atoms with Crippen molar-refractivity contribution in [1.82, 2.24) is 9.80 Å². The fourth-order valence-corrected chi connectivity index (χ4v) is 1.98. The molecule has 0 aliphatic heterocycles. The van der Waals surface area contributed by atoms with Crippen LogP contribution in [0.15, 0.2) is 0 Å². The van der Waals surface area contributed by atoms with Crippen LogP contribution in [0.2, 0.25) is 0 Å². The molecule has 3 nitrogen and oxygen atoms in total. The average Bonchev–Trinajstić information content (AvgIpc) is 2.25. The van der Waals surface area contributed by atoms with Crippen molar-refractivity contribution in [2.45, 2.75) is 46.1 Å². The number of aliphatic hydroxyl groups is 1. The van der Waals surface area contributed by atoms with E-state index in [0.29, 0.717) is 5.92 Å². The molecular weight excluding hydrogens is 212 g/mol. The Kier molecular flexibility index (Phi) is 8.01. The van der Waals surface area contributed by atoms with E-state index in [1.54, 1.807) is 0 Å². The first kappa shape index (κ1) is 16.9. The van der Waals surface area contributed by atoms with Crippen LogP contribution >= 0.6 is 0 Å². The fraction of sp³-hybridized carbons (Fsp3) is 1.00. The van der Waals surface area contributed by atoms with Crippen LogP contribution in [0.4, 0.5) is 0 Å². The van der Waals surface area contributed by atoms with Crippen molar-refractivity contribution < 1.29 is 5.11 Å². The molecule has 0 aliphatic carbocycles. The van der Waals surface area contributed by atoms with E-state index in [4.69, 9.17) is 0 Å². The van der Waals surface area contributed by atoms with Gasteiger partial charge in [0.1, 0.15) is 0 Å². The van der Waals surface area contributed by atoms with Gasteiger partial charge in [0.25, 0.3) is 0 Å². The van der Waals surface area contributed by atoms with Crippen molar-refractivity contribution in [3.8, 4) is 0 Å². The molecule has 0 amide bonds. The van der Waals surface area contributed by atoms with Gasteiger partial charge in [-0.15, -0.1) is 0 Å². The summed E-state index contributed by atoms with van der Waals surface area (Å²) in [6.07, 6.45) is 1.67. The molecule has 0 heterocycles. The normalized spacial score (nSPS) is 13.1. The monoisotopic (exact) mass is 244 g/mol. The van der Waals surface area contributed by atoms with Crippen molar-refractivity contribution in [1.29, 1.82) is 0 Å². The highest BCUT2D eigenvalue weighted by atomic mass is 16.3. The van der Waals surface area contributed by atoms with E-state index in [-0.39, 0.29) is 0 Å². The molecule has 0 aliphatic rings. The lowest BCUT2D eigenvalue weighted by molar-refractivity contribution is -0.00717. The molecule has 0 aromatic rings. The molecule has 104 valence electrons. The lowest BCUT2D eigenvalue weighted by atomic mass is 9.96. The Morgan fingerprint density at radius 3 is 1.94 bits per heavy atom. The highest BCUT2D eigenvalue weighted by Crippen LogP contribution is 2.17. The Bertz CT molecular complexity index is 189. The highest BCUT2D eigenvalue weighted by Gasteiger charge is 2.25. The number of likely N-dealkylation sites (N-methyl/N-ethyl adjacent to an activating group) is 1. The minimum Gasteiger partial charge on any atom is -0.389 e. The minimum atomic E-state index is -0.513. The van der Waals surface area contributed by atoms with E-state index in [1.807, 2.05) is 0 Å². The summed E-state index contributed by atoms with van der Waals surface area (Å²) < 4.78 is 0. The zero-order valence-electron chi connectivity index (χ0n) is 12.7. The van der Waals surface area contributed by atoms with Crippen LogP contribution in [0.3, 0.4) is 0 Å². The topological polar surface area (TPSA) is 26.7 Å². The third-order valence-corrected chi connectivity index (χ3v) is 3.32. The summed E-state index contributed by atoms with van der Waals surface area (Å²) >= 11 is 0. The maximum atomic E-state index is 10.4. The van der Waals surface area contributed by atoms with Crippen LogP contribution in [-0.2, 0) is 0 Å². The van der Waals surface area contributed by atoms with Gasteiger partial charge in [0.05, 0.1) is 5.60 Å². The summed E-state index contributed by atoms with van der Waals surface area (Å²) in [7, 11) is 4.19. The molecule has 0 saturated heterocycles. The largest absolute Gasteiger partial charge is 0.389 e. The van der Waals surface area contributed by atoms with E-state index < -0.39 is 5.60 Å². The molecule has 1 N–H and O–H groups in total. The molecule has 0 aromatic heterocycles. The average molecular weight is 244 g/mol. The van der Waals surface area contributed by atoms with Crippen LogP contribution in [-0.4, -0.2) is 60.8 Å². The first-order valence-electron chi connectivity index (χ1n) is 6.92. The first-order valence-corrected chi connectivity index (χ1v) is 6.92. The minimum absolute atomic E-state index is 0.513. The van der Waals surface area contributed by atoms with Crippen LogP contribution in [0, 0.1) is 5.92 Å². The van der Waals surface area contributed by atoms with Gasteiger partial charge in [-0.1, -0.05) is 27.7 Å². The molecule has 0 radical (unpaired) electrons. The lowest BCUT2D eigenvalue weighted by Crippen LogP contribution is -2.45. The van der Waals surface area contributed by atoms with E-state index in [2.05, 4.69) is 51.6 Å². The standard InChI is InChI=1S/C14H32N2O/c1-7-14(17,8-2)12-16(11-13(3)4)10-9-15(5)6/h13,17H,7-12H2,1-6H3. The summed E-state index contributed by atoms with van der Waals surface area (Å²) in [6, 6.07) is 0. The number of hydrogen-bond acceptors (Lipinski definition) is 3. The van der Waals surface area contributed by atoms with Gasteiger partial charge in [-0.25, -0.2) is 0 Å². The Morgan fingerprint density at radius 1 is 1.06 bits per heavy atom. The van der Waals surface area contributed by atoms with Crippen molar-refractivity contribution in [3.05, 3.63) is 0 Å². The van der Waals surface area contributed by atoms with Gasteiger partial charge in [-0.05, 0) is 32.9 Å². The number of nitrogens with zero attached hydrogens (tertiary/aromatic N) is 2. The van der Waals surface area contributed by atoms with Crippen LogP contribution in [0.1, 0.15) is 40.5 Å². The molecule has 17 heavy (non-hydrogen) atoms. The van der Waals surface area contributed by atoms with Gasteiger partial charge in [0, 0.05) is 26.2 Å². The van der Waals surface area contributed by atoms with Crippen molar-refractivity contribution in [3.63, 3.8) is 0 Å². The molecule has 0 saturated carbocycles. The van der Waals surface area contributed by atoms with Crippen molar-refractivity contribution >= 4 is 0 Å². The molecule has 0 spiro atoms. The Hall–Kier alpha value is -0.120. The summed E-state index contributed by atoms with van der Waals surface area (Å²) in [5.41, 5.74) is -0.513. The van der Waals surface area contributed by atoms with E-state index in [0.717, 1.165) is 39.0 Å². The third kappa shape index (κ3) is 7.74. The SMILES string of the molecule is CCC(O)(CC)CN(CCN(C)C)CC(C)C. The Morgan fingerprint density at radius 2 is 1.59 bits per heavy atom. The van der Waals surface area contributed by atoms with E-state index >= 15 is 0 Å². The predicted octanol–water partition coefficient (Wildman–Crippen LogP) is 2.06. The van der Waals surface area contributed by atoms with Gasteiger partial charge >= 0.3 is 0 Å². The summed E-state index contributed by atoms with van der Waals surface area (Å²) in [5, 5.41) is 10.4. The Balaban J connectivity index is 4.35. The zero-order valence-corrected chi connectivity index (χ0v) is 12.7. The highest BCUT2D eigenvalue weighted by molar-refractivity contribution is 4.80. The van der Waals surface area contributed by atoms with E-state index in [1.165, 1.54) is 0 Å². The summed E-state index contributed by atoms with van der Waals surface area (Å²) in [4.78, 5) is 4.60. The van der Waals surface area contributed by atoms with Gasteiger partial charge in [-0.2, -0.15) is 0 Å². The molecule has 0 atom stereocenters. The van der Waals surface area contributed by atoms with Gasteiger partial charge in [0.15, 0.2) is 0 Å². The zero-order chi connectivity index (χ0) is 13.5. The van der Waals surface area contributed by atoms with Gasteiger partial charge < -0.3 is 10.0 Å². The van der Waals surface area contributed by atoms with Crippen molar-refractivity contribution in [2.24, 2.45) is 5.92 Å². The van der Waals surface area contributed by atoms with E-state index in [9.17, 15) is 5.11 Å². The molecule has 0 rings (SSSR count). The number of rotatable bonds is 9. The second kappa shape index (κ2) is 8.06. The third-order valence-electron chi connectivity index (χ3n) is 3.32. The maximum Gasteiger partial charge on any atom is 0.0768 e. The van der Waals surface area contributed by atoms with Crippen LogP contribution in [0.5, 0.6) is 0 Å². The molecular formula is C14H32N2O. The second-order valence-corrected chi connectivity index (χ2v) is 5.86. The summed E-state index contributed by atoms with van der Waals surface area (Å²) in [5.74, 6) is 0.648. The molecule has 3 heteroatoms. The van der Waals surface area contributed by atoms with Crippen molar-refractivity contribution in [2.75, 3.05) is 40.3 Å². The predicted molar refractivity (Wildman–Crippen MR) is 75.4 cm³/mol. The van der Waals surface area contributed by atoms with Gasteiger partial charge in [0.2, 0.25) is 0 Å².